The average Bonchev–Trinajstić information content (AvgIpc) is 3.09. The molecular weight excluding hydrogens is 312 g/mol. The molecule has 0 spiro atoms. The standard InChI is InChI=1S/C16H20N4O2S/c1-2-22-15-6-5-14(17-18-15)19-7-9-20(10-8-19)16(21)12-13-4-3-11-23-13/h3-6,11H,2,7-10,12H2,1H3. The molecule has 1 aliphatic rings. The predicted octanol–water partition coefficient (Wildman–Crippen LogP) is 1.83. The molecule has 2 aromatic heterocycles. The molecule has 1 aliphatic heterocycles. The van der Waals surface area contributed by atoms with E-state index >= 15 is 0 Å². The van der Waals surface area contributed by atoms with Gasteiger partial charge in [0.2, 0.25) is 11.8 Å². The second-order valence-electron chi connectivity index (χ2n) is 5.29. The van der Waals surface area contributed by atoms with Gasteiger partial charge in [0.15, 0.2) is 5.82 Å². The van der Waals surface area contributed by atoms with Gasteiger partial charge in [0.1, 0.15) is 0 Å². The van der Waals surface area contributed by atoms with E-state index in [1.165, 1.54) is 0 Å². The molecule has 0 aliphatic carbocycles. The summed E-state index contributed by atoms with van der Waals surface area (Å²) in [4.78, 5) is 17.5. The van der Waals surface area contributed by atoms with Crippen LogP contribution in [0.2, 0.25) is 0 Å². The topological polar surface area (TPSA) is 58.6 Å². The van der Waals surface area contributed by atoms with Crippen LogP contribution in [0.5, 0.6) is 5.88 Å². The number of carbonyl (C=O) groups excluding carboxylic acids is 1. The smallest absolute Gasteiger partial charge is 0.233 e. The van der Waals surface area contributed by atoms with Gasteiger partial charge in [-0.25, -0.2) is 0 Å². The second-order valence-corrected chi connectivity index (χ2v) is 6.32. The molecule has 0 atom stereocenters. The van der Waals surface area contributed by atoms with Crippen LogP contribution in [0.25, 0.3) is 0 Å². The molecule has 7 heteroatoms. The fourth-order valence-electron chi connectivity index (χ4n) is 2.57. The number of rotatable bonds is 5. The monoisotopic (exact) mass is 332 g/mol. The van der Waals surface area contributed by atoms with Crippen molar-refractivity contribution in [2.45, 2.75) is 13.3 Å². The number of hydrogen-bond donors (Lipinski definition) is 0. The molecule has 0 aromatic carbocycles. The molecule has 0 saturated carbocycles. The largest absolute Gasteiger partial charge is 0.477 e. The summed E-state index contributed by atoms with van der Waals surface area (Å²) < 4.78 is 5.30. The Morgan fingerprint density at radius 3 is 2.65 bits per heavy atom. The van der Waals surface area contributed by atoms with Gasteiger partial charge in [0, 0.05) is 37.1 Å². The van der Waals surface area contributed by atoms with Gasteiger partial charge in [-0.2, -0.15) is 0 Å². The Kier molecular flexibility index (Phi) is 5.07. The molecule has 0 N–H and O–H groups in total. The van der Waals surface area contributed by atoms with E-state index in [4.69, 9.17) is 4.74 Å². The molecule has 0 bridgehead atoms. The first-order valence-corrected chi connectivity index (χ1v) is 8.66. The third kappa shape index (κ3) is 3.98. The van der Waals surface area contributed by atoms with E-state index in [1.54, 1.807) is 11.3 Å². The van der Waals surface area contributed by atoms with Crippen molar-refractivity contribution >= 4 is 23.1 Å². The first kappa shape index (κ1) is 15.7. The van der Waals surface area contributed by atoms with Crippen LogP contribution in [0.15, 0.2) is 29.6 Å². The van der Waals surface area contributed by atoms with Crippen LogP contribution in [0.4, 0.5) is 5.82 Å². The van der Waals surface area contributed by atoms with Crippen LogP contribution in [0.3, 0.4) is 0 Å². The maximum Gasteiger partial charge on any atom is 0.233 e. The van der Waals surface area contributed by atoms with Crippen molar-refractivity contribution in [3.8, 4) is 5.88 Å². The minimum atomic E-state index is 0.199. The summed E-state index contributed by atoms with van der Waals surface area (Å²) in [5.41, 5.74) is 0. The van der Waals surface area contributed by atoms with Gasteiger partial charge in [-0.1, -0.05) is 6.07 Å². The van der Waals surface area contributed by atoms with Crippen LogP contribution in [0, 0.1) is 0 Å². The molecule has 0 unspecified atom stereocenters. The van der Waals surface area contributed by atoms with Crippen LogP contribution in [-0.2, 0) is 11.2 Å². The van der Waals surface area contributed by atoms with Gasteiger partial charge >= 0.3 is 0 Å². The molecule has 1 saturated heterocycles. The Morgan fingerprint density at radius 1 is 1.22 bits per heavy atom. The summed E-state index contributed by atoms with van der Waals surface area (Å²) in [7, 11) is 0. The van der Waals surface area contributed by atoms with E-state index in [0.29, 0.717) is 18.9 Å². The van der Waals surface area contributed by atoms with Crippen LogP contribution in [-0.4, -0.2) is 53.8 Å². The van der Waals surface area contributed by atoms with Crippen molar-refractivity contribution in [1.29, 1.82) is 0 Å². The molecule has 23 heavy (non-hydrogen) atoms. The highest BCUT2D eigenvalue weighted by Gasteiger charge is 2.22. The molecule has 3 rings (SSSR count). The summed E-state index contributed by atoms with van der Waals surface area (Å²) >= 11 is 1.63. The summed E-state index contributed by atoms with van der Waals surface area (Å²) in [6.07, 6.45) is 0.501. The van der Waals surface area contributed by atoms with Gasteiger partial charge in [0.25, 0.3) is 0 Å². The number of aromatic nitrogens is 2. The van der Waals surface area contributed by atoms with Crippen molar-refractivity contribution in [2.24, 2.45) is 0 Å². The zero-order chi connectivity index (χ0) is 16.1. The quantitative estimate of drug-likeness (QED) is 0.836. The van der Waals surface area contributed by atoms with Crippen LogP contribution in [0.1, 0.15) is 11.8 Å². The van der Waals surface area contributed by atoms with E-state index in [9.17, 15) is 4.79 Å². The lowest BCUT2D eigenvalue weighted by Crippen LogP contribution is -2.49. The van der Waals surface area contributed by atoms with Crippen molar-refractivity contribution in [2.75, 3.05) is 37.7 Å². The summed E-state index contributed by atoms with van der Waals surface area (Å²) in [6, 6.07) is 7.74. The zero-order valence-electron chi connectivity index (χ0n) is 13.1. The first-order chi connectivity index (χ1) is 11.3. The summed E-state index contributed by atoms with van der Waals surface area (Å²) in [6.45, 7) is 5.50. The van der Waals surface area contributed by atoms with Gasteiger partial charge in [-0.15, -0.1) is 21.5 Å². The highest BCUT2D eigenvalue weighted by Crippen LogP contribution is 2.16. The molecule has 122 valence electrons. The van der Waals surface area contributed by atoms with E-state index in [1.807, 2.05) is 41.5 Å². The molecule has 2 aromatic rings. The van der Waals surface area contributed by atoms with E-state index in [-0.39, 0.29) is 5.91 Å². The second kappa shape index (κ2) is 7.41. The Balaban J connectivity index is 1.52. The van der Waals surface area contributed by atoms with Crippen molar-refractivity contribution in [1.82, 2.24) is 15.1 Å². The number of piperazine rings is 1. The number of amides is 1. The van der Waals surface area contributed by atoms with E-state index < -0.39 is 0 Å². The third-order valence-electron chi connectivity index (χ3n) is 3.78. The molecule has 0 radical (unpaired) electrons. The van der Waals surface area contributed by atoms with Gasteiger partial charge < -0.3 is 14.5 Å². The van der Waals surface area contributed by atoms with E-state index in [0.717, 1.165) is 36.9 Å². The number of carbonyl (C=O) groups is 1. The van der Waals surface area contributed by atoms with Gasteiger partial charge in [-0.05, 0) is 24.4 Å². The third-order valence-corrected chi connectivity index (χ3v) is 4.66. The van der Waals surface area contributed by atoms with Gasteiger partial charge in [0.05, 0.1) is 13.0 Å². The van der Waals surface area contributed by atoms with E-state index in [2.05, 4.69) is 15.1 Å². The number of nitrogens with zero attached hydrogens (tertiary/aromatic N) is 4. The predicted molar refractivity (Wildman–Crippen MR) is 90.0 cm³/mol. The normalized spacial score (nSPS) is 14.8. The van der Waals surface area contributed by atoms with Crippen molar-refractivity contribution in [3.63, 3.8) is 0 Å². The molecule has 1 fully saturated rings. The first-order valence-electron chi connectivity index (χ1n) is 7.78. The van der Waals surface area contributed by atoms with Crippen LogP contribution >= 0.6 is 11.3 Å². The molecule has 3 heterocycles. The van der Waals surface area contributed by atoms with Crippen molar-refractivity contribution < 1.29 is 9.53 Å². The Labute approximate surface area is 139 Å². The fraction of sp³-hybridized carbons (Fsp3) is 0.438. The maximum absolute atomic E-state index is 12.3. The molecule has 6 nitrogen and oxygen atoms in total. The Hall–Kier alpha value is -2.15. The lowest BCUT2D eigenvalue weighted by Gasteiger charge is -2.35. The number of ether oxygens (including phenoxy) is 1. The molecule has 1 amide bonds. The average molecular weight is 332 g/mol. The minimum Gasteiger partial charge on any atom is -0.477 e. The minimum absolute atomic E-state index is 0.199. The highest BCUT2D eigenvalue weighted by atomic mass is 32.1. The summed E-state index contributed by atoms with van der Waals surface area (Å²) in [5, 5.41) is 10.3. The fourth-order valence-corrected chi connectivity index (χ4v) is 3.26. The van der Waals surface area contributed by atoms with Crippen LogP contribution < -0.4 is 9.64 Å². The number of anilines is 1. The lowest BCUT2D eigenvalue weighted by molar-refractivity contribution is -0.130. The van der Waals surface area contributed by atoms with Gasteiger partial charge in [-0.3, -0.25) is 4.79 Å². The maximum atomic E-state index is 12.3. The zero-order valence-corrected chi connectivity index (χ0v) is 14.0. The SMILES string of the molecule is CCOc1ccc(N2CCN(C(=O)Cc3cccs3)CC2)nn1. The molecular formula is C16H20N4O2S. The van der Waals surface area contributed by atoms with Crippen molar-refractivity contribution in [3.05, 3.63) is 34.5 Å². The Morgan fingerprint density at radius 2 is 2.04 bits per heavy atom. The lowest BCUT2D eigenvalue weighted by atomic mass is 10.2. The highest BCUT2D eigenvalue weighted by molar-refractivity contribution is 7.10. The number of hydrogen-bond acceptors (Lipinski definition) is 6. The Bertz CT molecular complexity index is 622. The summed E-state index contributed by atoms with van der Waals surface area (Å²) in [5.74, 6) is 1.57. The number of thiophene rings is 1.